The van der Waals surface area contributed by atoms with E-state index in [0.29, 0.717) is 27.9 Å². The van der Waals surface area contributed by atoms with Crippen molar-refractivity contribution in [3.63, 3.8) is 0 Å². The fourth-order valence-electron chi connectivity index (χ4n) is 6.25. The summed E-state index contributed by atoms with van der Waals surface area (Å²) in [5.41, 5.74) is 4.68. The molecule has 3 unspecified atom stereocenters. The van der Waals surface area contributed by atoms with E-state index >= 15 is 0 Å². The number of fused-ring (bicyclic) bond motifs is 4. The number of aryl methyl sites for hydroxylation is 1. The summed E-state index contributed by atoms with van der Waals surface area (Å²) in [4.78, 5) is 26.6. The minimum absolute atomic E-state index is 0.0694. The number of anilines is 1. The van der Waals surface area contributed by atoms with Gasteiger partial charge < -0.3 is 10.3 Å². The van der Waals surface area contributed by atoms with E-state index < -0.39 is 11.9 Å². The van der Waals surface area contributed by atoms with Gasteiger partial charge in [-0.3, -0.25) is 9.36 Å². The molecule has 43 heavy (non-hydrogen) atoms. The molecule has 2 aromatic carbocycles. The van der Waals surface area contributed by atoms with Crippen LogP contribution >= 0.6 is 11.6 Å². The average molecular weight is 603 g/mol. The number of allylic oxidation sites excluding steroid dienone is 1. The lowest BCUT2D eigenvalue weighted by Gasteiger charge is -2.20. The highest BCUT2D eigenvalue weighted by Crippen LogP contribution is 2.59. The maximum absolute atomic E-state index is 13.6. The Labute approximate surface area is 247 Å². The van der Waals surface area contributed by atoms with Crippen molar-refractivity contribution in [1.82, 2.24) is 34.5 Å². The standard InChI is InChI=1S/C30H22ClF3N8O/c1-14-2-3-15-8-16(4-6-21(15)36-14)23-12-35-28(37-23)27-18-10-19(18)29-38-22(11-26(43)42(27)29)20-9-17(31)5-7-24(20)41-13-25(39-40-41)30(32,33)34/h4-9,11-13,18-19,27,36H,1-3,10H2,(H,35,37). The molecule has 5 heterocycles. The Bertz CT molecular complexity index is 2030. The molecule has 3 aliphatic rings. The van der Waals surface area contributed by atoms with Gasteiger partial charge in [-0.15, -0.1) is 5.10 Å². The highest BCUT2D eigenvalue weighted by Gasteiger charge is 2.55. The summed E-state index contributed by atoms with van der Waals surface area (Å²) < 4.78 is 42.3. The molecule has 3 aromatic heterocycles. The van der Waals surface area contributed by atoms with Crippen LogP contribution in [-0.2, 0) is 12.6 Å². The van der Waals surface area contributed by atoms with Crippen molar-refractivity contribution in [2.45, 2.75) is 37.4 Å². The number of hydrogen-bond donors (Lipinski definition) is 2. The van der Waals surface area contributed by atoms with Crippen LogP contribution in [0.25, 0.3) is 28.2 Å². The Kier molecular flexibility index (Phi) is 5.52. The van der Waals surface area contributed by atoms with Crippen LogP contribution in [0.15, 0.2) is 71.9 Å². The predicted octanol–water partition coefficient (Wildman–Crippen LogP) is 6.13. The third kappa shape index (κ3) is 4.27. The molecule has 0 amide bonds. The van der Waals surface area contributed by atoms with Crippen molar-refractivity contribution in [3.8, 4) is 28.2 Å². The van der Waals surface area contributed by atoms with Gasteiger partial charge in [0.15, 0.2) is 5.69 Å². The maximum Gasteiger partial charge on any atom is 0.436 e. The van der Waals surface area contributed by atoms with Gasteiger partial charge in [-0.05, 0) is 66.6 Å². The molecule has 1 aliphatic carbocycles. The second kappa shape index (κ2) is 9.14. The van der Waals surface area contributed by atoms with E-state index in [1.807, 2.05) is 12.1 Å². The van der Waals surface area contributed by atoms with E-state index in [2.05, 4.69) is 38.2 Å². The van der Waals surface area contributed by atoms with Crippen LogP contribution in [0, 0.1) is 5.92 Å². The lowest BCUT2D eigenvalue weighted by Crippen LogP contribution is -2.27. The fraction of sp³-hybridized carbons (Fsp3) is 0.233. The first kappa shape index (κ1) is 26.0. The molecule has 216 valence electrons. The second-order valence-electron chi connectivity index (χ2n) is 11.1. The fourth-order valence-corrected chi connectivity index (χ4v) is 6.42. The largest absolute Gasteiger partial charge is 0.436 e. The minimum Gasteiger partial charge on any atom is -0.359 e. The van der Waals surface area contributed by atoms with Crippen molar-refractivity contribution in [2.24, 2.45) is 5.92 Å². The van der Waals surface area contributed by atoms with Crippen LogP contribution in [0.5, 0.6) is 0 Å². The van der Waals surface area contributed by atoms with Crippen LogP contribution in [0.2, 0.25) is 5.02 Å². The molecule has 0 spiro atoms. The van der Waals surface area contributed by atoms with Gasteiger partial charge >= 0.3 is 6.18 Å². The Morgan fingerprint density at radius 1 is 1.09 bits per heavy atom. The zero-order valence-electron chi connectivity index (χ0n) is 22.4. The smallest absolute Gasteiger partial charge is 0.359 e. The lowest BCUT2D eigenvalue weighted by molar-refractivity contribution is -0.141. The molecule has 8 rings (SSSR count). The number of nitrogens with one attached hydrogen (secondary N) is 2. The molecule has 9 nitrogen and oxygen atoms in total. The first-order valence-corrected chi connectivity index (χ1v) is 14.1. The van der Waals surface area contributed by atoms with Crippen LogP contribution in [0.4, 0.5) is 18.9 Å². The summed E-state index contributed by atoms with van der Waals surface area (Å²) in [6.45, 7) is 4.02. The summed E-state index contributed by atoms with van der Waals surface area (Å²) >= 11 is 6.27. The predicted molar refractivity (Wildman–Crippen MR) is 153 cm³/mol. The van der Waals surface area contributed by atoms with E-state index in [9.17, 15) is 18.0 Å². The normalized spacial score (nSPS) is 20.4. The summed E-state index contributed by atoms with van der Waals surface area (Å²) in [6.07, 6.45) is 0.585. The van der Waals surface area contributed by atoms with Gasteiger partial charge in [0.05, 0.1) is 35.5 Å². The quantitative estimate of drug-likeness (QED) is 0.256. The molecular weight excluding hydrogens is 581 g/mol. The van der Waals surface area contributed by atoms with E-state index in [1.165, 1.54) is 23.8 Å². The van der Waals surface area contributed by atoms with E-state index in [-0.39, 0.29) is 29.1 Å². The zero-order chi connectivity index (χ0) is 29.6. The highest BCUT2D eigenvalue weighted by atomic mass is 35.5. The van der Waals surface area contributed by atoms with Gasteiger partial charge in [-0.25, -0.2) is 14.6 Å². The molecule has 1 fully saturated rings. The number of H-pyrrole nitrogens is 1. The number of benzene rings is 2. The number of aromatic nitrogens is 7. The third-order valence-corrected chi connectivity index (χ3v) is 8.63. The number of hydrogen-bond acceptors (Lipinski definition) is 6. The summed E-state index contributed by atoms with van der Waals surface area (Å²) in [5.74, 6) is 1.54. The van der Waals surface area contributed by atoms with E-state index in [0.717, 1.165) is 52.8 Å². The van der Waals surface area contributed by atoms with Crippen LogP contribution in [0.3, 0.4) is 0 Å². The molecule has 2 aliphatic heterocycles. The number of nitrogens with zero attached hydrogens (tertiary/aromatic N) is 6. The summed E-state index contributed by atoms with van der Waals surface area (Å²) in [7, 11) is 0. The molecule has 13 heteroatoms. The number of imidazole rings is 1. The number of alkyl halides is 3. The Morgan fingerprint density at radius 3 is 2.77 bits per heavy atom. The van der Waals surface area contributed by atoms with Crippen molar-refractivity contribution < 1.29 is 13.2 Å². The highest BCUT2D eigenvalue weighted by molar-refractivity contribution is 6.31. The molecular formula is C30H22ClF3N8O. The van der Waals surface area contributed by atoms with Crippen molar-refractivity contribution in [3.05, 3.63) is 105 Å². The molecule has 0 saturated heterocycles. The van der Waals surface area contributed by atoms with Gasteiger partial charge in [-0.1, -0.05) is 29.5 Å². The van der Waals surface area contributed by atoms with Gasteiger partial charge in [0, 0.05) is 34.0 Å². The monoisotopic (exact) mass is 602 g/mol. The van der Waals surface area contributed by atoms with Crippen LogP contribution in [-0.4, -0.2) is 34.5 Å². The SMILES string of the molecule is C=C1CCc2cc(-c3cnc(C4C5CC5c5nc(-c6cc(Cl)ccc6-n6cc(C(F)(F)F)nn6)cc(=O)n54)[nH]3)ccc2N1. The number of halogens is 4. The van der Waals surface area contributed by atoms with Crippen LogP contribution in [0.1, 0.15) is 47.7 Å². The van der Waals surface area contributed by atoms with Crippen molar-refractivity contribution in [1.29, 1.82) is 0 Å². The molecule has 0 bridgehead atoms. The molecule has 5 aromatic rings. The number of aromatic amines is 1. The topological polar surface area (TPSA) is 106 Å². The zero-order valence-corrected chi connectivity index (χ0v) is 23.1. The minimum atomic E-state index is -4.65. The van der Waals surface area contributed by atoms with Gasteiger partial charge in [0.1, 0.15) is 11.6 Å². The first-order valence-electron chi connectivity index (χ1n) is 13.7. The summed E-state index contributed by atoms with van der Waals surface area (Å²) in [6, 6.07) is 11.9. The van der Waals surface area contributed by atoms with E-state index in [4.69, 9.17) is 16.6 Å². The molecule has 3 atom stereocenters. The van der Waals surface area contributed by atoms with E-state index in [1.54, 1.807) is 16.8 Å². The maximum atomic E-state index is 13.6. The Morgan fingerprint density at radius 2 is 1.95 bits per heavy atom. The Balaban J connectivity index is 1.15. The Hall–Kier alpha value is -4.71. The summed E-state index contributed by atoms with van der Waals surface area (Å²) in [5, 5.41) is 10.6. The van der Waals surface area contributed by atoms with Gasteiger partial charge in [-0.2, -0.15) is 13.2 Å². The van der Waals surface area contributed by atoms with Crippen LogP contribution < -0.4 is 10.9 Å². The van der Waals surface area contributed by atoms with Crippen molar-refractivity contribution >= 4 is 17.3 Å². The first-order chi connectivity index (χ1) is 20.6. The number of rotatable bonds is 4. The lowest BCUT2D eigenvalue weighted by atomic mass is 9.98. The third-order valence-electron chi connectivity index (χ3n) is 8.40. The molecule has 2 N–H and O–H groups in total. The average Bonchev–Trinajstić information content (AvgIpc) is 3.30. The molecule has 0 radical (unpaired) electrons. The molecule has 1 saturated carbocycles. The second-order valence-corrected chi connectivity index (χ2v) is 11.6. The van der Waals surface area contributed by atoms with Crippen molar-refractivity contribution in [2.75, 3.05) is 5.32 Å². The van der Waals surface area contributed by atoms with Gasteiger partial charge in [0.25, 0.3) is 5.56 Å². The van der Waals surface area contributed by atoms with Gasteiger partial charge in [0.2, 0.25) is 0 Å².